The van der Waals surface area contributed by atoms with Gasteiger partial charge in [0, 0.05) is 37.5 Å². The van der Waals surface area contributed by atoms with Gasteiger partial charge in [-0.1, -0.05) is 45.0 Å². The predicted molar refractivity (Wildman–Crippen MR) is 140 cm³/mol. The molecule has 0 saturated carbocycles. The standard InChI is InChI=1S/C28H29F3N6O4/c1-26(2,3)21(36-25(41)28(29,30)31)22(38)34-20(11-16-7-6-10-33-14-16)23(39)37-15-27(12-17(37)13-32)18-8-4-5-9-19(18)35-24(27)40/h4-10,14,17,20-21H,11-12,15H2,1-3H3,(H,34,38)(H,35,40)(H,36,41)/t17-,20-,21+,27-/m0/s1. The molecule has 3 N–H and O–H groups in total. The molecule has 1 fully saturated rings. The topological polar surface area (TPSA) is 144 Å². The molecular formula is C28H29F3N6O4. The van der Waals surface area contributed by atoms with Crippen molar-refractivity contribution in [3.63, 3.8) is 0 Å². The maximum absolute atomic E-state index is 14.0. The second kappa shape index (κ2) is 10.8. The molecule has 4 atom stereocenters. The number of aromatic nitrogens is 1. The molecule has 41 heavy (non-hydrogen) atoms. The van der Waals surface area contributed by atoms with Crippen LogP contribution < -0.4 is 16.0 Å². The zero-order valence-corrected chi connectivity index (χ0v) is 22.6. The lowest BCUT2D eigenvalue weighted by Gasteiger charge is -2.33. The van der Waals surface area contributed by atoms with Crippen molar-refractivity contribution in [3.8, 4) is 6.07 Å². The highest BCUT2D eigenvalue weighted by Gasteiger charge is 2.56. The molecule has 2 aromatic rings. The minimum Gasteiger partial charge on any atom is -0.342 e. The molecule has 2 aliphatic heterocycles. The van der Waals surface area contributed by atoms with Gasteiger partial charge in [-0.3, -0.25) is 24.2 Å². The first-order valence-corrected chi connectivity index (χ1v) is 12.9. The van der Waals surface area contributed by atoms with Crippen LogP contribution in [0.15, 0.2) is 48.8 Å². The van der Waals surface area contributed by atoms with Gasteiger partial charge in [0.1, 0.15) is 18.1 Å². The molecule has 4 rings (SSSR count). The maximum atomic E-state index is 14.0. The average molecular weight is 571 g/mol. The molecule has 10 nitrogen and oxygen atoms in total. The van der Waals surface area contributed by atoms with Crippen molar-refractivity contribution in [2.24, 2.45) is 5.41 Å². The highest BCUT2D eigenvalue weighted by Crippen LogP contribution is 2.46. The van der Waals surface area contributed by atoms with E-state index in [2.05, 4.69) is 21.7 Å². The number of hydrogen-bond acceptors (Lipinski definition) is 6. The number of nitriles is 1. The Morgan fingerprint density at radius 3 is 2.49 bits per heavy atom. The number of nitrogens with one attached hydrogen (secondary N) is 3. The van der Waals surface area contributed by atoms with E-state index < -0.39 is 52.9 Å². The summed E-state index contributed by atoms with van der Waals surface area (Å²) in [4.78, 5) is 57.5. The summed E-state index contributed by atoms with van der Waals surface area (Å²) in [6.07, 6.45) is -2.33. The van der Waals surface area contributed by atoms with Gasteiger partial charge in [-0.05, 0) is 28.7 Å². The number of anilines is 1. The summed E-state index contributed by atoms with van der Waals surface area (Å²) in [5.41, 5.74) is -0.576. The number of likely N-dealkylation sites (tertiary alicyclic amines) is 1. The van der Waals surface area contributed by atoms with Gasteiger partial charge in [-0.2, -0.15) is 18.4 Å². The highest BCUT2D eigenvalue weighted by atomic mass is 19.4. The third-order valence-electron chi connectivity index (χ3n) is 7.35. The van der Waals surface area contributed by atoms with Crippen LogP contribution in [-0.4, -0.2) is 64.4 Å². The van der Waals surface area contributed by atoms with Crippen molar-refractivity contribution in [1.82, 2.24) is 20.5 Å². The van der Waals surface area contributed by atoms with Crippen LogP contribution in [0.4, 0.5) is 18.9 Å². The summed E-state index contributed by atoms with van der Waals surface area (Å²) in [7, 11) is 0. The van der Waals surface area contributed by atoms with E-state index in [1.54, 1.807) is 41.7 Å². The first-order valence-electron chi connectivity index (χ1n) is 12.9. The Morgan fingerprint density at radius 2 is 1.88 bits per heavy atom. The molecule has 0 radical (unpaired) electrons. The lowest BCUT2D eigenvalue weighted by Crippen LogP contribution is -2.60. The number of halogens is 3. The zero-order chi connectivity index (χ0) is 30.2. The normalized spacial score (nSPS) is 21.4. The van der Waals surface area contributed by atoms with Crippen LogP contribution in [0, 0.1) is 16.7 Å². The Bertz CT molecular complexity index is 1400. The summed E-state index contributed by atoms with van der Waals surface area (Å²) >= 11 is 0. The van der Waals surface area contributed by atoms with E-state index in [9.17, 15) is 37.6 Å². The molecule has 1 aromatic heterocycles. The fourth-order valence-electron chi connectivity index (χ4n) is 5.28. The van der Waals surface area contributed by atoms with E-state index >= 15 is 0 Å². The second-order valence-corrected chi connectivity index (χ2v) is 11.3. The number of benzene rings is 1. The van der Waals surface area contributed by atoms with Gasteiger partial charge in [0.2, 0.25) is 17.7 Å². The predicted octanol–water partition coefficient (Wildman–Crippen LogP) is 2.22. The number of carbonyl (C=O) groups excluding carboxylic acids is 4. The smallest absolute Gasteiger partial charge is 0.342 e. The molecule has 0 unspecified atom stereocenters. The van der Waals surface area contributed by atoms with Crippen molar-refractivity contribution in [3.05, 3.63) is 59.9 Å². The molecule has 3 heterocycles. The van der Waals surface area contributed by atoms with Crippen molar-refractivity contribution >= 4 is 29.3 Å². The summed E-state index contributed by atoms with van der Waals surface area (Å²) in [6.45, 7) is 4.27. The molecule has 0 aliphatic carbocycles. The van der Waals surface area contributed by atoms with Crippen LogP contribution in [0.1, 0.15) is 38.3 Å². The van der Waals surface area contributed by atoms with Gasteiger partial charge in [-0.25, -0.2) is 0 Å². The Hall–Kier alpha value is -4.47. The van der Waals surface area contributed by atoms with Gasteiger partial charge < -0.3 is 20.9 Å². The van der Waals surface area contributed by atoms with Crippen LogP contribution in [0.5, 0.6) is 0 Å². The third kappa shape index (κ3) is 5.86. The van der Waals surface area contributed by atoms with E-state index in [0.717, 1.165) is 0 Å². The minimum absolute atomic E-state index is 0.0257. The molecule has 2 aliphatic rings. The molecule has 216 valence electrons. The minimum atomic E-state index is -5.23. The summed E-state index contributed by atoms with van der Waals surface area (Å²) in [5.74, 6) is -4.36. The molecule has 13 heteroatoms. The van der Waals surface area contributed by atoms with Gasteiger partial charge >= 0.3 is 12.1 Å². The van der Waals surface area contributed by atoms with E-state index in [1.165, 1.54) is 38.1 Å². The number of rotatable bonds is 6. The van der Waals surface area contributed by atoms with Gasteiger partial charge in [0.25, 0.3) is 0 Å². The van der Waals surface area contributed by atoms with E-state index in [4.69, 9.17) is 0 Å². The molecule has 0 bridgehead atoms. The summed E-state index contributed by atoms with van der Waals surface area (Å²) in [6, 6.07) is 8.31. The average Bonchev–Trinajstić information content (AvgIpc) is 3.43. The Balaban J connectivity index is 1.66. The number of hydrogen-bond donors (Lipinski definition) is 3. The van der Waals surface area contributed by atoms with E-state index in [-0.39, 0.29) is 25.3 Å². The van der Waals surface area contributed by atoms with Crippen molar-refractivity contribution in [2.75, 3.05) is 11.9 Å². The quantitative estimate of drug-likeness (QED) is 0.486. The zero-order valence-electron chi connectivity index (χ0n) is 22.6. The first kappa shape index (κ1) is 29.5. The Morgan fingerprint density at radius 1 is 1.17 bits per heavy atom. The number of fused-ring (bicyclic) bond motifs is 2. The fraction of sp³-hybridized carbons (Fsp3) is 0.429. The first-order chi connectivity index (χ1) is 19.2. The van der Waals surface area contributed by atoms with Gasteiger partial charge in [0.15, 0.2) is 0 Å². The number of amides is 4. The number of alkyl halides is 3. The monoisotopic (exact) mass is 570 g/mol. The molecule has 1 spiro atoms. The number of carbonyl (C=O) groups is 4. The van der Waals surface area contributed by atoms with E-state index in [0.29, 0.717) is 16.8 Å². The van der Waals surface area contributed by atoms with Gasteiger partial charge in [0.05, 0.1) is 11.5 Å². The Labute approximate surface area is 234 Å². The van der Waals surface area contributed by atoms with Crippen LogP contribution in [0.25, 0.3) is 0 Å². The van der Waals surface area contributed by atoms with Crippen LogP contribution in [0.3, 0.4) is 0 Å². The lowest BCUT2D eigenvalue weighted by molar-refractivity contribution is -0.175. The summed E-state index contributed by atoms with van der Waals surface area (Å²) in [5, 5.41) is 17.0. The number of para-hydroxylation sites is 1. The van der Waals surface area contributed by atoms with Crippen molar-refractivity contribution in [2.45, 2.75) is 63.3 Å². The van der Waals surface area contributed by atoms with Crippen LogP contribution in [-0.2, 0) is 31.0 Å². The van der Waals surface area contributed by atoms with Crippen LogP contribution in [0.2, 0.25) is 0 Å². The number of nitrogens with zero attached hydrogens (tertiary/aromatic N) is 3. The highest BCUT2D eigenvalue weighted by molar-refractivity contribution is 6.07. The van der Waals surface area contributed by atoms with Crippen molar-refractivity contribution < 1.29 is 32.3 Å². The second-order valence-electron chi connectivity index (χ2n) is 11.3. The molecule has 1 saturated heterocycles. The maximum Gasteiger partial charge on any atom is 0.471 e. The molecule has 4 amide bonds. The number of pyridine rings is 1. The lowest BCUT2D eigenvalue weighted by atomic mass is 9.80. The molecule has 1 aromatic carbocycles. The van der Waals surface area contributed by atoms with Crippen LogP contribution >= 0.6 is 0 Å². The SMILES string of the molecule is CC(C)(C)[C@H](NC(=O)C(F)(F)F)C(=O)N[C@@H](Cc1cccnc1)C(=O)N1C[C@]2(C[C@H]1C#N)C(=O)Nc1ccccc12. The van der Waals surface area contributed by atoms with E-state index in [1.807, 2.05) is 0 Å². The largest absolute Gasteiger partial charge is 0.471 e. The van der Waals surface area contributed by atoms with Crippen molar-refractivity contribution in [1.29, 1.82) is 5.26 Å². The summed E-state index contributed by atoms with van der Waals surface area (Å²) < 4.78 is 39.1. The van der Waals surface area contributed by atoms with Gasteiger partial charge in [-0.15, -0.1) is 0 Å². The fourth-order valence-corrected chi connectivity index (χ4v) is 5.28. The Kier molecular flexibility index (Phi) is 7.80. The third-order valence-corrected chi connectivity index (χ3v) is 7.35. The molecular weight excluding hydrogens is 541 g/mol.